The lowest BCUT2D eigenvalue weighted by molar-refractivity contribution is 0.112. The molecule has 0 atom stereocenters. The van der Waals surface area contributed by atoms with Crippen LogP contribution in [-0.2, 0) is 0 Å². The van der Waals surface area contributed by atoms with E-state index in [4.69, 9.17) is 0 Å². The van der Waals surface area contributed by atoms with E-state index in [0.29, 0.717) is 23.1 Å². The summed E-state index contributed by atoms with van der Waals surface area (Å²) >= 11 is 0. The van der Waals surface area contributed by atoms with E-state index in [2.05, 4.69) is 25.8 Å². The molecule has 0 amide bonds. The normalized spacial score (nSPS) is 13.6. The fourth-order valence-corrected chi connectivity index (χ4v) is 3.14. The van der Waals surface area contributed by atoms with Gasteiger partial charge in [-0.1, -0.05) is 0 Å². The fourth-order valence-electron chi connectivity index (χ4n) is 3.14. The number of carbonyl (C=O) groups excluding carboxylic acids is 1. The van der Waals surface area contributed by atoms with E-state index in [1.54, 1.807) is 21.6 Å². The first kappa shape index (κ1) is 16.5. The Labute approximate surface area is 161 Å². The Hall–Kier alpha value is -3.68. The highest BCUT2D eigenvalue weighted by atomic mass is 16.1. The average molecular weight is 373 g/mol. The van der Waals surface area contributed by atoms with Crippen LogP contribution in [0.5, 0.6) is 0 Å². The molecule has 0 saturated heterocycles. The second kappa shape index (κ2) is 6.49. The Kier molecular flexibility index (Phi) is 3.82. The van der Waals surface area contributed by atoms with E-state index < -0.39 is 0 Å². The molecule has 1 aliphatic rings. The van der Waals surface area contributed by atoms with Crippen molar-refractivity contribution in [1.82, 2.24) is 24.4 Å². The van der Waals surface area contributed by atoms with Crippen LogP contribution in [0, 0.1) is 6.92 Å². The van der Waals surface area contributed by atoms with Crippen molar-refractivity contribution < 1.29 is 4.79 Å². The van der Waals surface area contributed by atoms with Crippen LogP contribution in [0.3, 0.4) is 0 Å². The van der Waals surface area contributed by atoms with Gasteiger partial charge in [0.25, 0.3) is 0 Å². The number of rotatable bonds is 6. The highest BCUT2D eigenvalue weighted by Crippen LogP contribution is 2.31. The number of fused-ring (bicyclic) bond motifs is 1. The maximum absolute atomic E-state index is 11.4. The van der Waals surface area contributed by atoms with Crippen LogP contribution >= 0.6 is 0 Å². The van der Waals surface area contributed by atoms with E-state index in [-0.39, 0.29) is 0 Å². The Balaban J connectivity index is 1.52. The van der Waals surface area contributed by atoms with Crippen molar-refractivity contribution in [2.24, 2.45) is 0 Å². The third kappa shape index (κ3) is 2.88. The molecule has 1 saturated carbocycles. The van der Waals surface area contributed by atoms with Gasteiger partial charge >= 0.3 is 0 Å². The summed E-state index contributed by atoms with van der Waals surface area (Å²) in [5, 5.41) is 15.5. The van der Waals surface area contributed by atoms with Gasteiger partial charge in [0, 0.05) is 29.7 Å². The minimum Gasteiger partial charge on any atom is -0.367 e. The minimum absolute atomic E-state index is 0.453. The minimum atomic E-state index is 0.453. The summed E-state index contributed by atoms with van der Waals surface area (Å²) in [5.74, 6) is 1.57. The van der Waals surface area contributed by atoms with Gasteiger partial charge in [0.15, 0.2) is 11.9 Å². The van der Waals surface area contributed by atoms with Crippen LogP contribution in [-0.4, -0.2) is 36.7 Å². The molecule has 2 N–H and O–H groups in total. The van der Waals surface area contributed by atoms with Crippen molar-refractivity contribution >= 4 is 29.3 Å². The lowest BCUT2D eigenvalue weighted by atomic mass is 10.2. The molecule has 3 aromatic heterocycles. The average Bonchev–Trinajstić information content (AvgIpc) is 3.19. The smallest absolute Gasteiger partial charge is 0.170 e. The maximum Gasteiger partial charge on any atom is 0.170 e. The Morgan fingerprint density at radius 3 is 2.68 bits per heavy atom. The van der Waals surface area contributed by atoms with Crippen LogP contribution in [0.1, 0.15) is 28.8 Å². The first-order valence-corrected chi connectivity index (χ1v) is 9.20. The zero-order valence-electron chi connectivity index (χ0n) is 15.3. The molecule has 0 bridgehead atoms. The monoisotopic (exact) mass is 373 g/mol. The van der Waals surface area contributed by atoms with Crippen molar-refractivity contribution in [2.45, 2.75) is 25.8 Å². The van der Waals surface area contributed by atoms with Crippen molar-refractivity contribution in [2.75, 3.05) is 10.6 Å². The first-order chi connectivity index (χ1) is 13.7. The van der Waals surface area contributed by atoms with Gasteiger partial charge in [0.05, 0.1) is 17.4 Å². The summed E-state index contributed by atoms with van der Waals surface area (Å²) in [5.41, 5.74) is 3.85. The Morgan fingerprint density at radius 1 is 1.18 bits per heavy atom. The van der Waals surface area contributed by atoms with Gasteiger partial charge in [0.2, 0.25) is 0 Å². The summed E-state index contributed by atoms with van der Waals surface area (Å²) in [4.78, 5) is 16.1. The standard InChI is InChI=1S/C20H19N7O/c1-13-18(23-15-5-7-17(8-6-15)26-10-2-9-21-26)25-20-14(12-28)11-22-27(20)19(13)24-16-3-4-16/h2,5-12,16,24H,3-4H2,1H3,(H,23,25). The largest absolute Gasteiger partial charge is 0.367 e. The molecule has 8 nitrogen and oxygen atoms in total. The van der Waals surface area contributed by atoms with Crippen molar-refractivity contribution in [1.29, 1.82) is 0 Å². The summed E-state index contributed by atoms with van der Waals surface area (Å²) < 4.78 is 3.52. The van der Waals surface area contributed by atoms with E-state index in [1.807, 2.05) is 43.5 Å². The zero-order chi connectivity index (χ0) is 19.1. The summed E-state index contributed by atoms with van der Waals surface area (Å²) in [7, 11) is 0. The quantitative estimate of drug-likeness (QED) is 0.504. The van der Waals surface area contributed by atoms with Gasteiger partial charge in [-0.05, 0) is 50.1 Å². The summed E-state index contributed by atoms with van der Waals surface area (Å²) in [6.07, 6.45) is 8.27. The molecule has 0 spiro atoms. The molecule has 140 valence electrons. The van der Waals surface area contributed by atoms with Crippen LogP contribution in [0.2, 0.25) is 0 Å². The van der Waals surface area contributed by atoms with Gasteiger partial charge in [-0.25, -0.2) is 9.67 Å². The number of aldehydes is 1. The molecule has 1 aromatic carbocycles. The van der Waals surface area contributed by atoms with E-state index in [9.17, 15) is 4.79 Å². The van der Waals surface area contributed by atoms with Gasteiger partial charge in [-0.15, -0.1) is 0 Å². The highest BCUT2D eigenvalue weighted by Gasteiger charge is 2.25. The number of hydrogen-bond acceptors (Lipinski definition) is 6. The van der Waals surface area contributed by atoms with Crippen molar-refractivity contribution in [3.05, 3.63) is 60.0 Å². The third-order valence-corrected chi connectivity index (χ3v) is 4.86. The van der Waals surface area contributed by atoms with Gasteiger partial charge in [-0.2, -0.15) is 14.7 Å². The van der Waals surface area contributed by atoms with Crippen LogP contribution in [0.4, 0.5) is 17.3 Å². The molecule has 4 aromatic rings. The summed E-state index contributed by atoms with van der Waals surface area (Å²) in [6, 6.07) is 10.3. The molecule has 3 heterocycles. The van der Waals surface area contributed by atoms with Crippen molar-refractivity contribution in [3.8, 4) is 5.69 Å². The lowest BCUT2D eigenvalue weighted by Crippen LogP contribution is -2.12. The Morgan fingerprint density at radius 2 is 2.00 bits per heavy atom. The van der Waals surface area contributed by atoms with Crippen LogP contribution in [0.15, 0.2) is 48.9 Å². The number of hydrogen-bond donors (Lipinski definition) is 2. The fraction of sp³-hybridized carbons (Fsp3) is 0.200. The van der Waals surface area contributed by atoms with E-state index in [0.717, 1.165) is 41.9 Å². The van der Waals surface area contributed by atoms with Gasteiger partial charge in [0.1, 0.15) is 11.6 Å². The Bertz CT molecular complexity index is 1140. The second-order valence-electron chi connectivity index (χ2n) is 6.93. The topological polar surface area (TPSA) is 89.1 Å². The molecule has 28 heavy (non-hydrogen) atoms. The number of nitrogens with zero attached hydrogens (tertiary/aromatic N) is 5. The molecule has 1 aliphatic carbocycles. The SMILES string of the molecule is Cc1c(Nc2ccc(-n3cccn3)cc2)nc2c(C=O)cnn2c1NC1CC1. The van der Waals surface area contributed by atoms with Crippen molar-refractivity contribution in [3.63, 3.8) is 0 Å². The predicted molar refractivity (Wildman–Crippen MR) is 107 cm³/mol. The number of nitrogens with one attached hydrogen (secondary N) is 2. The number of benzene rings is 1. The zero-order valence-corrected chi connectivity index (χ0v) is 15.3. The van der Waals surface area contributed by atoms with E-state index in [1.165, 1.54) is 0 Å². The molecule has 5 rings (SSSR count). The molecular formula is C20H19N7O. The highest BCUT2D eigenvalue weighted by molar-refractivity contribution is 5.85. The molecular weight excluding hydrogens is 354 g/mol. The molecule has 8 heteroatoms. The second-order valence-corrected chi connectivity index (χ2v) is 6.93. The molecule has 0 unspecified atom stereocenters. The first-order valence-electron chi connectivity index (χ1n) is 9.20. The number of carbonyl (C=O) groups is 1. The van der Waals surface area contributed by atoms with Gasteiger partial charge in [-0.3, -0.25) is 4.79 Å². The maximum atomic E-state index is 11.4. The molecule has 1 fully saturated rings. The molecule has 0 aliphatic heterocycles. The molecule has 0 radical (unpaired) electrons. The third-order valence-electron chi connectivity index (χ3n) is 4.86. The predicted octanol–water partition coefficient (Wildman–Crippen LogP) is 3.35. The number of anilines is 3. The van der Waals surface area contributed by atoms with Crippen LogP contribution in [0.25, 0.3) is 11.3 Å². The van der Waals surface area contributed by atoms with E-state index >= 15 is 0 Å². The van der Waals surface area contributed by atoms with Gasteiger partial charge < -0.3 is 10.6 Å². The lowest BCUT2D eigenvalue weighted by Gasteiger charge is -2.16. The van der Waals surface area contributed by atoms with Crippen LogP contribution < -0.4 is 10.6 Å². The number of aromatic nitrogens is 5. The summed E-state index contributed by atoms with van der Waals surface area (Å²) in [6.45, 7) is 2.00.